The maximum Gasteiger partial charge on any atom is 0.255 e. The highest BCUT2D eigenvalue weighted by Crippen LogP contribution is 2.23. The topological polar surface area (TPSA) is 44.1 Å². The molecule has 1 saturated heterocycles. The van der Waals surface area contributed by atoms with Crippen LogP contribution in [0.25, 0.3) is 5.65 Å². The number of nitrogens with zero attached hydrogens (tertiary/aromatic N) is 5. The molecule has 0 N–H and O–H groups in total. The monoisotopic (exact) mass is 405 g/mol. The Morgan fingerprint density at radius 2 is 1.80 bits per heavy atom. The number of hydrogen-bond acceptors (Lipinski definition) is 4. The molecule has 30 heavy (non-hydrogen) atoms. The van der Waals surface area contributed by atoms with Crippen molar-refractivity contribution < 1.29 is 4.79 Å². The molecule has 0 saturated carbocycles. The van der Waals surface area contributed by atoms with Crippen molar-refractivity contribution in [2.45, 2.75) is 26.7 Å². The Balaban J connectivity index is 1.51. The van der Waals surface area contributed by atoms with Crippen LogP contribution in [-0.2, 0) is 0 Å². The highest BCUT2D eigenvalue weighted by molar-refractivity contribution is 5.94. The van der Waals surface area contributed by atoms with Crippen LogP contribution in [0.3, 0.4) is 0 Å². The number of pyridine rings is 1. The number of carbonyl (C=O) groups is 1. The summed E-state index contributed by atoms with van der Waals surface area (Å²) in [5.74, 6) is 1.17. The van der Waals surface area contributed by atoms with Crippen LogP contribution in [0.2, 0.25) is 0 Å². The van der Waals surface area contributed by atoms with Gasteiger partial charge in [0.15, 0.2) is 0 Å². The molecule has 6 nitrogen and oxygen atoms in total. The number of piperazine rings is 1. The van der Waals surface area contributed by atoms with Crippen molar-refractivity contribution in [2.75, 3.05) is 49.6 Å². The standard InChI is InChI=1S/C24H31N5O/c1-4-5-13-26(3)23-19(2)25-22-12-11-20(18-29(22)23)24(30)28-16-14-27(15-17-28)21-9-7-6-8-10-21/h6-12,18H,4-5,13-17H2,1-3H3. The summed E-state index contributed by atoms with van der Waals surface area (Å²) in [5, 5.41) is 0. The van der Waals surface area contributed by atoms with E-state index in [2.05, 4.69) is 57.4 Å². The van der Waals surface area contributed by atoms with Gasteiger partial charge >= 0.3 is 0 Å². The lowest BCUT2D eigenvalue weighted by molar-refractivity contribution is 0.0746. The molecule has 0 unspecified atom stereocenters. The van der Waals surface area contributed by atoms with Crippen LogP contribution in [0.4, 0.5) is 11.5 Å². The second-order valence-electron chi connectivity index (χ2n) is 8.06. The highest BCUT2D eigenvalue weighted by Gasteiger charge is 2.23. The van der Waals surface area contributed by atoms with Crippen LogP contribution in [-0.4, -0.2) is 60.0 Å². The fraction of sp³-hybridized carbons (Fsp3) is 0.417. The van der Waals surface area contributed by atoms with Crippen LogP contribution in [0.1, 0.15) is 35.8 Å². The second-order valence-corrected chi connectivity index (χ2v) is 8.06. The van der Waals surface area contributed by atoms with Crippen LogP contribution < -0.4 is 9.80 Å². The number of unbranched alkanes of at least 4 members (excludes halogenated alkanes) is 1. The lowest BCUT2D eigenvalue weighted by Gasteiger charge is -2.36. The molecule has 0 aliphatic carbocycles. The van der Waals surface area contributed by atoms with Gasteiger partial charge in [-0.3, -0.25) is 9.20 Å². The van der Waals surface area contributed by atoms with E-state index in [1.807, 2.05) is 36.2 Å². The average Bonchev–Trinajstić information content (AvgIpc) is 3.12. The number of aromatic nitrogens is 2. The number of amides is 1. The molecule has 2 aromatic heterocycles. The summed E-state index contributed by atoms with van der Waals surface area (Å²) in [6.07, 6.45) is 4.24. The van der Waals surface area contributed by atoms with Gasteiger partial charge < -0.3 is 14.7 Å². The quantitative estimate of drug-likeness (QED) is 0.625. The fourth-order valence-corrected chi connectivity index (χ4v) is 4.23. The minimum atomic E-state index is 0.0955. The van der Waals surface area contributed by atoms with Gasteiger partial charge in [-0.1, -0.05) is 31.5 Å². The number of imidazole rings is 1. The minimum absolute atomic E-state index is 0.0955. The van der Waals surface area contributed by atoms with Crippen molar-refractivity contribution in [3.63, 3.8) is 0 Å². The lowest BCUT2D eigenvalue weighted by Crippen LogP contribution is -2.48. The average molecular weight is 406 g/mol. The van der Waals surface area contributed by atoms with Gasteiger partial charge in [-0.25, -0.2) is 4.98 Å². The zero-order valence-corrected chi connectivity index (χ0v) is 18.2. The van der Waals surface area contributed by atoms with Gasteiger partial charge in [0.1, 0.15) is 11.5 Å². The first-order valence-corrected chi connectivity index (χ1v) is 10.9. The molecule has 158 valence electrons. The zero-order chi connectivity index (χ0) is 21.1. The number of anilines is 2. The molecule has 1 amide bonds. The Labute approximate surface area is 178 Å². The first-order valence-electron chi connectivity index (χ1n) is 10.9. The maximum absolute atomic E-state index is 13.2. The second kappa shape index (κ2) is 8.78. The summed E-state index contributed by atoms with van der Waals surface area (Å²) >= 11 is 0. The Hall–Kier alpha value is -3.02. The highest BCUT2D eigenvalue weighted by atomic mass is 16.2. The van der Waals surface area contributed by atoms with Crippen LogP contribution in [0, 0.1) is 6.92 Å². The number of para-hydroxylation sites is 1. The molecule has 1 fully saturated rings. The zero-order valence-electron chi connectivity index (χ0n) is 18.2. The molecule has 0 spiro atoms. The number of rotatable bonds is 6. The van der Waals surface area contributed by atoms with E-state index in [9.17, 15) is 4.79 Å². The summed E-state index contributed by atoms with van der Waals surface area (Å²) in [6.45, 7) is 8.39. The van der Waals surface area contributed by atoms with Gasteiger partial charge in [0, 0.05) is 51.7 Å². The van der Waals surface area contributed by atoms with Crippen molar-refractivity contribution in [3.05, 3.63) is 59.9 Å². The molecule has 1 aliphatic heterocycles. The lowest BCUT2D eigenvalue weighted by atomic mass is 10.2. The van der Waals surface area contributed by atoms with Crippen molar-refractivity contribution in [2.24, 2.45) is 0 Å². The third-order valence-corrected chi connectivity index (χ3v) is 5.90. The molecular formula is C24H31N5O. The number of carbonyl (C=O) groups excluding carboxylic acids is 1. The Morgan fingerprint density at radius 3 is 2.50 bits per heavy atom. The van der Waals surface area contributed by atoms with Gasteiger partial charge in [-0.05, 0) is 37.6 Å². The maximum atomic E-state index is 13.2. The minimum Gasteiger partial charge on any atom is -0.368 e. The van der Waals surface area contributed by atoms with E-state index < -0.39 is 0 Å². The number of hydrogen-bond donors (Lipinski definition) is 0. The van der Waals surface area contributed by atoms with Gasteiger partial charge in [0.2, 0.25) is 0 Å². The van der Waals surface area contributed by atoms with E-state index in [1.54, 1.807) is 0 Å². The molecule has 0 radical (unpaired) electrons. The van der Waals surface area contributed by atoms with E-state index in [4.69, 9.17) is 0 Å². The summed E-state index contributed by atoms with van der Waals surface area (Å²) in [7, 11) is 2.10. The fourth-order valence-electron chi connectivity index (χ4n) is 4.23. The number of aryl methyl sites for hydroxylation is 1. The van der Waals surface area contributed by atoms with Crippen LogP contribution in [0.5, 0.6) is 0 Å². The molecule has 3 heterocycles. The van der Waals surface area contributed by atoms with Crippen LogP contribution in [0.15, 0.2) is 48.7 Å². The predicted octanol–water partition coefficient (Wildman–Crippen LogP) is 3.84. The Kier molecular flexibility index (Phi) is 5.93. The van der Waals surface area contributed by atoms with E-state index in [1.165, 1.54) is 5.69 Å². The summed E-state index contributed by atoms with van der Waals surface area (Å²) < 4.78 is 2.07. The normalized spacial score (nSPS) is 14.4. The predicted molar refractivity (Wildman–Crippen MR) is 123 cm³/mol. The Bertz CT molecular complexity index is 1010. The van der Waals surface area contributed by atoms with Crippen molar-refractivity contribution in [1.82, 2.24) is 14.3 Å². The van der Waals surface area contributed by atoms with E-state index in [-0.39, 0.29) is 5.91 Å². The summed E-state index contributed by atoms with van der Waals surface area (Å²) in [4.78, 5) is 24.4. The summed E-state index contributed by atoms with van der Waals surface area (Å²) in [6, 6.07) is 14.3. The molecule has 0 bridgehead atoms. The first-order chi connectivity index (χ1) is 14.6. The molecule has 4 rings (SSSR count). The van der Waals surface area contributed by atoms with Crippen molar-refractivity contribution in [3.8, 4) is 0 Å². The van der Waals surface area contributed by atoms with Crippen molar-refractivity contribution in [1.29, 1.82) is 0 Å². The van der Waals surface area contributed by atoms with Gasteiger partial charge in [0.05, 0.1) is 11.3 Å². The summed E-state index contributed by atoms with van der Waals surface area (Å²) in [5.41, 5.74) is 3.82. The van der Waals surface area contributed by atoms with Gasteiger partial charge in [-0.15, -0.1) is 0 Å². The van der Waals surface area contributed by atoms with Gasteiger partial charge in [0.25, 0.3) is 5.91 Å². The number of benzene rings is 1. The third kappa shape index (κ3) is 3.99. The van der Waals surface area contributed by atoms with E-state index in [0.29, 0.717) is 0 Å². The van der Waals surface area contributed by atoms with Crippen LogP contribution >= 0.6 is 0 Å². The first kappa shape index (κ1) is 20.3. The molecule has 1 aliphatic rings. The molecular weight excluding hydrogens is 374 g/mol. The Morgan fingerprint density at radius 1 is 1.07 bits per heavy atom. The molecule has 3 aromatic rings. The third-order valence-electron chi connectivity index (χ3n) is 5.90. The molecule has 0 atom stereocenters. The van der Waals surface area contributed by atoms with E-state index in [0.717, 1.165) is 68.3 Å². The van der Waals surface area contributed by atoms with E-state index >= 15 is 0 Å². The van der Waals surface area contributed by atoms with Gasteiger partial charge in [-0.2, -0.15) is 0 Å². The SMILES string of the molecule is CCCCN(C)c1c(C)nc2ccc(C(=O)N3CCN(c4ccccc4)CC3)cn12. The largest absolute Gasteiger partial charge is 0.368 e. The van der Waals surface area contributed by atoms with Crippen molar-refractivity contribution >= 4 is 23.1 Å². The number of fused-ring (bicyclic) bond motifs is 1. The smallest absolute Gasteiger partial charge is 0.255 e. The molecule has 1 aromatic carbocycles. The molecule has 6 heteroatoms.